The predicted molar refractivity (Wildman–Crippen MR) is 98.6 cm³/mol. The standard InChI is InChI=1S/C20H28N4O2/c1-13-10-20(11-17(21-13)18-12-24(4)23-22-18)16-6-5-15(19(2,3)25)9-14(16)7-8-26-20/h5-6,9,12-13,17,21,25H,7-8,10-11H2,1-4H3/t13-,17-,20-/m0/s1. The number of nitrogens with one attached hydrogen (secondary N) is 1. The zero-order chi connectivity index (χ0) is 18.5. The second-order valence-corrected chi connectivity index (χ2v) is 8.37. The van der Waals surface area contributed by atoms with Crippen molar-refractivity contribution in [2.24, 2.45) is 7.05 Å². The van der Waals surface area contributed by atoms with Crippen LogP contribution in [-0.2, 0) is 29.4 Å². The van der Waals surface area contributed by atoms with Gasteiger partial charge in [0.15, 0.2) is 0 Å². The van der Waals surface area contributed by atoms with E-state index < -0.39 is 5.60 Å². The van der Waals surface area contributed by atoms with Crippen LogP contribution in [0.3, 0.4) is 0 Å². The Balaban J connectivity index is 1.72. The van der Waals surface area contributed by atoms with Crippen LogP contribution in [0.2, 0.25) is 0 Å². The molecule has 6 heteroatoms. The van der Waals surface area contributed by atoms with Crippen LogP contribution in [0.4, 0.5) is 0 Å². The Labute approximate surface area is 154 Å². The first-order valence-corrected chi connectivity index (χ1v) is 9.39. The zero-order valence-corrected chi connectivity index (χ0v) is 16.0. The highest BCUT2D eigenvalue weighted by Crippen LogP contribution is 2.46. The summed E-state index contributed by atoms with van der Waals surface area (Å²) in [7, 11) is 1.89. The smallest absolute Gasteiger partial charge is 0.0997 e. The van der Waals surface area contributed by atoms with Gasteiger partial charge in [-0.05, 0) is 50.3 Å². The van der Waals surface area contributed by atoms with Gasteiger partial charge in [-0.25, -0.2) is 0 Å². The van der Waals surface area contributed by atoms with Crippen LogP contribution >= 0.6 is 0 Å². The Morgan fingerprint density at radius 2 is 2.15 bits per heavy atom. The SMILES string of the molecule is C[C@H]1C[C@@]2(C[C@@H](c3cn(C)nn3)N1)OCCc1cc(C(C)(C)O)ccc12. The van der Waals surface area contributed by atoms with Crippen LogP contribution in [-0.4, -0.2) is 32.7 Å². The molecule has 6 nitrogen and oxygen atoms in total. The number of hydrogen-bond acceptors (Lipinski definition) is 5. The van der Waals surface area contributed by atoms with E-state index >= 15 is 0 Å². The van der Waals surface area contributed by atoms with Crippen LogP contribution in [0.25, 0.3) is 0 Å². The van der Waals surface area contributed by atoms with Gasteiger partial charge in [-0.15, -0.1) is 5.10 Å². The summed E-state index contributed by atoms with van der Waals surface area (Å²) >= 11 is 0. The van der Waals surface area contributed by atoms with Gasteiger partial charge in [-0.3, -0.25) is 4.68 Å². The van der Waals surface area contributed by atoms with Crippen molar-refractivity contribution in [3.8, 4) is 0 Å². The van der Waals surface area contributed by atoms with Crippen molar-refractivity contribution in [1.29, 1.82) is 0 Å². The third-order valence-electron chi connectivity index (χ3n) is 5.69. The molecule has 2 aliphatic rings. The number of aryl methyl sites for hydroxylation is 1. The second kappa shape index (κ2) is 6.15. The number of aromatic nitrogens is 3. The maximum atomic E-state index is 10.4. The van der Waals surface area contributed by atoms with Crippen LogP contribution in [0.5, 0.6) is 0 Å². The molecular formula is C20H28N4O2. The fourth-order valence-electron chi connectivity index (χ4n) is 4.48. The molecule has 1 fully saturated rings. The number of fused-ring (bicyclic) bond motifs is 2. The summed E-state index contributed by atoms with van der Waals surface area (Å²) in [5, 5.41) is 22.4. The first-order chi connectivity index (χ1) is 12.3. The third kappa shape index (κ3) is 3.06. The van der Waals surface area contributed by atoms with Crippen LogP contribution < -0.4 is 5.32 Å². The minimum atomic E-state index is -0.829. The van der Waals surface area contributed by atoms with Gasteiger partial charge in [-0.2, -0.15) is 0 Å². The molecule has 0 amide bonds. The summed E-state index contributed by atoms with van der Waals surface area (Å²) in [6.07, 6.45) is 4.63. The fourth-order valence-corrected chi connectivity index (χ4v) is 4.48. The van der Waals surface area contributed by atoms with E-state index in [0.717, 1.165) is 30.5 Å². The van der Waals surface area contributed by atoms with Crippen molar-refractivity contribution in [3.63, 3.8) is 0 Å². The highest BCUT2D eigenvalue weighted by Gasteiger charge is 2.45. The van der Waals surface area contributed by atoms with E-state index in [-0.39, 0.29) is 11.6 Å². The lowest BCUT2D eigenvalue weighted by molar-refractivity contribution is -0.0988. The Kier molecular flexibility index (Phi) is 4.17. The number of ether oxygens (including phenoxy) is 1. The minimum Gasteiger partial charge on any atom is -0.386 e. The van der Waals surface area contributed by atoms with E-state index in [9.17, 15) is 5.11 Å². The maximum absolute atomic E-state index is 10.4. The molecule has 0 aliphatic carbocycles. The summed E-state index contributed by atoms with van der Waals surface area (Å²) < 4.78 is 8.17. The molecule has 1 saturated heterocycles. The van der Waals surface area contributed by atoms with Gasteiger partial charge in [0, 0.05) is 25.7 Å². The van der Waals surface area contributed by atoms with Gasteiger partial charge in [-0.1, -0.05) is 23.4 Å². The molecule has 0 saturated carbocycles. The molecule has 1 spiro atoms. The molecular weight excluding hydrogens is 328 g/mol. The van der Waals surface area contributed by atoms with Gasteiger partial charge in [0.2, 0.25) is 0 Å². The lowest BCUT2D eigenvalue weighted by Crippen LogP contribution is -2.50. The predicted octanol–water partition coefficient (Wildman–Crippen LogP) is 2.32. The van der Waals surface area contributed by atoms with Gasteiger partial charge in [0.25, 0.3) is 0 Å². The van der Waals surface area contributed by atoms with E-state index in [2.05, 4.69) is 34.7 Å². The van der Waals surface area contributed by atoms with Gasteiger partial charge < -0.3 is 15.2 Å². The lowest BCUT2D eigenvalue weighted by Gasteiger charge is -2.47. The summed E-state index contributed by atoms with van der Waals surface area (Å²) in [4.78, 5) is 0. The Morgan fingerprint density at radius 1 is 1.35 bits per heavy atom. The number of piperidine rings is 1. The highest BCUT2D eigenvalue weighted by atomic mass is 16.5. The number of aliphatic hydroxyl groups is 1. The van der Waals surface area contributed by atoms with Crippen LogP contribution in [0.15, 0.2) is 24.4 Å². The largest absolute Gasteiger partial charge is 0.386 e. The first-order valence-electron chi connectivity index (χ1n) is 9.39. The van der Waals surface area contributed by atoms with Crippen molar-refractivity contribution in [3.05, 3.63) is 46.8 Å². The lowest BCUT2D eigenvalue weighted by atomic mass is 9.74. The normalized spacial score (nSPS) is 29.0. The zero-order valence-electron chi connectivity index (χ0n) is 16.0. The Morgan fingerprint density at radius 3 is 2.85 bits per heavy atom. The highest BCUT2D eigenvalue weighted by molar-refractivity contribution is 5.40. The first kappa shape index (κ1) is 17.6. The van der Waals surface area contributed by atoms with Crippen LogP contribution in [0.1, 0.15) is 62.0 Å². The van der Waals surface area contributed by atoms with E-state index in [1.807, 2.05) is 33.2 Å². The molecule has 2 aliphatic heterocycles. The second-order valence-electron chi connectivity index (χ2n) is 8.37. The van der Waals surface area contributed by atoms with Crippen LogP contribution in [0, 0.1) is 0 Å². The average Bonchev–Trinajstić information content (AvgIpc) is 3.00. The van der Waals surface area contributed by atoms with Gasteiger partial charge >= 0.3 is 0 Å². The van der Waals surface area contributed by atoms with Gasteiger partial charge in [0.05, 0.1) is 29.5 Å². The Bertz CT molecular complexity index is 810. The fraction of sp³-hybridized carbons (Fsp3) is 0.600. The van der Waals surface area contributed by atoms with E-state index in [1.165, 1.54) is 11.1 Å². The number of benzene rings is 1. The van der Waals surface area contributed by atoms with Crippen molar-refractivity contribution in [2.45, 2.75) is 63.3 Å². The molecule has 3 heterocycles. The molecule has 0 radical (unpaired) electrons. The molecule has 26 heavy (non-hydrogen) atoms. The number of hydrogen-bond donors (Lipinski definition) is 2. The number of rotatable bonds is 2. The summed E-state index contributed by atoms with van der Waals surface area (Å²) in [6.45, 7) is 6.58. The minimum absolute atomic E-state index is 0.118. The van der Waals surface area contributed by atoms with Crippen molar-refractivity contribution < 1.29 is 9.84 Å². The molecule has 1 aromatic carbocycles. The maximum Gasteiger partial charge on any atom is 0.0997 e. The van der Waals surface area contributed by atoms with Gasteiger partial charge in [0.1, 0.15) is 0 Å². The summed E-state index contributed by atoms with van der Waals surface area (Å²) in [5.41, 5.74) is 3.34. The molecule has 0 unspecified atom stereocenters. The van der Waals surface area contributed by atoms with Crippen molar-refractivity contribution >= 4 is 0 Å². The third-order valence-corrected chi connectivity index (χ3v) is 5.69. The molecule has 4 rings (SSSR count). The topological polar surface area (TPSA) is 72.2 Å². The Hall–Kier alpha value is -1.76. The molecule has 0 bridgehead atoms. The molecule has 140 valence electrons. The van der Waals surface area contributed by atoms with E-state index in [4.69, 9.17) is 4.74 Å². The molecule has 3 atom stereocenters. The van der Waals surface area contributed by atoms with Crippen molar-refractivity contribution in [1.82, 2.24) is 20.3 Å². The quantitative estimate of drug-likeness (QED) is 0.864. The number of nitrogens with zero attached hydrogens (tertiary/aromatic N) is 3. The van der Waals surface area contributed by atoms with Crippen molar-refractivity contribution in [2.75, 3.05) is 6.61 Å². The summed E-state index contributed by atoms with van der Waals surface area (Å²) in [6, 6.07) is 6.79. The van der Waals surface area contributed by atoms with E-state index in [0.29, 0.717) is 12.6 Å². The van der Waals surface area contributed by atoms with E-state index in [1.54, 1.807) is 4.68 Å². The average molecular weight is 356 g/mol. The summed E-state index contributed by atoms with van der Waals surface area (Å²) in [5.74, 6) is 0. The molecule has 2 N–H and O–H groups in total. The molecule has 2 aromatic rings. The molecule has 1 aromatic heterocycles. The monoisotopic (exact) mass is 356 g/mol.